The Morgan fingerprint density at radius 3 is 3.04 bits per heavy atom. The number of hydrogen-bond acceptors (Lipinski definition) is 8. The fourth-order valence-electron chi connectivity index (χ4n) is 3.58. The number of aliphatic hydroxyl groups is 1. The highest BCUT2D eigenvalue weighted by Crippen LogP contribution is 2.36. The summed E-state index contributed by atoms with van der Waals surface area (Å²) in [6, 6.07) is 0.268. The molecule has 2 aromatic heterocycles. The van der Waals surface area contributed by atoms with Crippen LogP contribution in [0.25, 0.3) is 0 Å². The fraction of sp³-hybridized carbons (Fsp3) is 0.611. The third-order valence-corrected chi connectivity index (χ3v) is 5.44. The van der Waals surface area contributed by atoms with Gasteiger partial charge in [-0.15, -0.1) is 5.10 Å². The lowest BCUT2D eigenvalue weighted by molar-refractivity contribution is -0.0369. The predicted octanol–water partition coefficient (Wildman–Crippen LogP) is 2.67. The molecule has 4 heterocycles. The summed E-state index contributed by atoms with van der Waals surface area (Å²) in [7, 11) is 0. The summed E-state index contributed by atoms with van der Waals surface area (Å²) in [6.07, 6.45) is 3.73. The summed E-state index contributed by atoms with van der Waals surface area (Å²) >= 11 is 6.23. The highest BCUT2D eigenvalue weighted by atomic mass is 35.5. The molecule has 152 valence electrons. The van der Waals surface area contributed by atoms with E-state index in [4.69, 9.17) is 26.2 Å². The summed E-state index contributed by atoms with van der Waals surface area (Å²) in [5, 5.41) is 21.2. The maximum Gasteiger partial charge on any atom is 0.257 e. The molecule has 9 nitrogen and oxygen atoms in total. The van der Waals surface area contributed by atoms with Gasteiger partial charge in [0.25, 0.3) is 5.88 Å². The second-order valence-corrected chi connectivity index (χ2v) is 7.67. The number of aromatic nitrogens is 4. The lowest BCUT2D eigenvalue weighted by atomic mass is 10.0. The Kier molecular flexibility index (Phi) is 5.56. The molecule has 3 atom stereocenters. The van der Waals surface area contributed by atoms with E-state index in [0.717, 1.165) is 24.2 Å². The number of fused-ring (bicyclic) bond motifs is 3. The smallest absolute Gasteiger partial charge is 0.257 e. The molecule has 1 fully saturated rings. The van der Waals surface area contributed by atoms with Crippen LogP contribution in [0.5, 0.6) is 5.88 Å². The Morgan fingerprint density at radius 1 is 1.36 bits per heavy atom. The van der Waals surface area contributed by atoms with Crippen molar-refractivity contribution >= 4 is 29.1 Å². The second kappa shape index (κ2) is 8.10. The normalized spacial score (nSPS) is 24.9. The number of rotatable bonds is 2. The number of nitrogens with zero attached hydrogens (tertiary/aromatic N) is 4. The van der Waals surface area contributed by atoms with Crippen LogP contribution in [0.1, 0.15) is 37.9 Å². The first-order chi connectivity index (χ1) is 13.5. The number of hydrogen-bond donors (Lipinski definition) is 3. The second-order valence-electron chi connectivity index (χ2n) is 7.26. The van der Waals surface area contributed by atoms with Crippen LogP contribution in [-0.2, 0) is 4.74 Å². The molecule has 10 heteroatoms. The van der Waals surface area contributed by atoms with Gasteiger partial charge in [-0.25, -0.2) is 4.98 Å². The van der Waals surface area contributed by atoms with Crippen molar-refractivity contribution in [3.05, 3.63) is 16.9 Å². The van der Waals surface area contributed by atoms with E-state index in [1.54, 1.807) is 6.20 Å². The molecule has 0 amide bonds. The van der Waals surface area contributed by atoms with Gasteiger partial charge in [-0.2, -0.15) is 4.98 Å². The van der Waals surface area contributed by atoms with Gasteiger partial charge in [-0.1, -0.05) is 11.6 Å². The molecule has 2 aromatic rings. The molecule has 0 saturated carbocycles. The SMILES string of the molecule is Cc1c2c(nn1C1CCOC(CO)C1)OCC[C@@H](C)Nc1nc(ncc1Cl)N2. The molecule has 1 saturated heterocycles. The van der Waals surface area contributed by atoms with Gasteiger partial charge in [0.15, 0.2) is 5.82 Å². The van der Waals surface area contributed by atoms with Crippen LogP contribution in [0.2, 0.25) is 5.02 Å². The lowest BCUT2D eigenvalue weighted by Crippen LogP contribution is -2.31. The molecule has 0 aliphatic carbocycles. The summed E-state index contributed by atoms with van der Waals surface area (Å²) in [5.74, 6) is 1.54. The monoisotopic (exact) mass is 408 g/mol. The van der Waals surface area contributed by atoms with Crippen molar-refractivity contribution in [1.29, 1.82) is 0 Å². The number of anilines is 3. The fourth-order valence-corrected chi connectivity index (χ4v) is 3.73. The molecule has 28 heavy (non-hydrogen) atoms. The van der Waals surface area contributed by atoms with E-state index >= 15 is 0 Å². The van der Waals surface area contributed by atoms with E-state index in [1.165, 1.54) is 0 Å². The van der Waals surface area contributed by atoms with Gasteiger partial charge in [0, 0.05) is 19.1 Å². The number of halogens is 1. The molecule has 0 spiro atoms. The van der Waals surface area contributed by atoms with Crippen LogP contribution in [0.3, 0.4) is 0 Å². The highest BCUT2D eigenvalue weighted by Gasteiger charge is 2.28. The van der Waals surface area contributed by atoms with Gasteiger partial charge in [0.05, 0.1) is 37.3 Å². The minimum absolute atomic E-state index is 0.0115. The van der Waals surface area contributed by atoms with Crippen molar-refractivity contribution in [3.8, 4) is 5.88 Å². The van der Waals surface area contributed by atoms with Crippen LogP contribution >= 0.6 is 11.6 Å². The summed E-state index contributed by atoms with van der Waals surface area (Å²) in [4.78, 5) is 8.79. The van der Waals surface area contributed by atoms with Crippen molar-refractivity contribution < 1.29 is 14.6 Å². The molecule has 3 N–H and O–H groups in total. The minimum Gasteiger partial charge on any atom is -0.475 e. The zero-order chi connectivity index (χ0) is 19.7. The highest BCUT2D eigenvalue weighted by molar-refractivity contribution is 6.32. The van der Waals surface area contributed by atoms with Gasteiger partial charge >= 0.3 is 0 Å². The Bertz CT molecular complexity index is 845. The van der Waals surface area contributed by atoms with Crippen LogP contribution < -0.4 is 15.4 Å². The van der Waals surface area contributed by atoms with E-state index in [0.29, 0.717) is 42.3 Å². The molecule has 2 bridgehead atoms. The van der Waals surface area contributed by atoms with Gasteiger partial charge in [0.2, 0.25) is 5.95 Å². The van der Waals surface area contributed by atoms with Crippen molar-refractivity contribution in [2.24, 2.45) is 0 Å². The molecule has 2 aliphatic rings. The average molecular weight is 409 g/mol. The van der Waals surface area contributed by atoms with E-state index in [9.17, 15) is 5.11 Å². The first-order valence-corrected chi connectivity index (χ1v) is 9.93. The maximum atomic E-state index is 9.45. The zero-order valence-electron chi connectivity index (χ0n) is 16.0. The first-order valence-electron chi connectivity index (χ1n) is 9.55. The largest absolute Gasteiger partial charge is 0.475 e. The quantitative estimate of drug-likeness (QED) is 0.696. The van der Waals surface area contributed by atoms with Gasteiger partial charge in [-0.3, -0.25) is 4.68 Å². The molecule has 4 rings (SSSR count). The predicted molar refractivity (Wildman–Crippen MR) is 106 cm³/mol. The summed E-state index contributed by atoms with van der Waals surface area (Å²) < 4.78 is 13.5. The summed E-state index contributed by atoms with van der Waals surface area (Å²) in [6.45, 7) is 5.16. The third kappa shape index (κ3) is 3.87. The Balaban J connectivity index is 1.69. The number of ether oxygens (including phenoxy) is 2. The molecule has 2 aliphatic heterocycles. The van der Waals surface area contributed by atoms with Crippen LogP contribution in [0, 0.1) is 6.92 Å². The standard InChI is InChI=1S/C18H25ClN6O3/c1-10-3-5-28-17-15(22-18-20-8-14(19)16(21-10)23-18)11(2)25(24-17)12-4-6-27-13(7-12)9-26/h8,10,12-13,26H,3-7,9H2,1-2H3,(H2,20,21,22,23)/t10-,12?,13?/m1/s1. The van der Waals surface area contributed by atoms with Gasteiger partial charge < -0.3 is 25.2 Å². The van der Waals surface area contributed by atoms with E-state index < -0.39 is 0 Å². The first kappa shape index (κ1) is 19.2. The average Bonchev–Trinajstić information content (AvgIpc) is 2.99. The molecule has 2 unspecified atom stereocenters. The van der Waals surface area contributed by atoms with Crippen molar-refractivity contribution in [2.75, 3.05) is 30.5 Å². The molecule has 0 radical (unpaired) electrons. The molecular formula is C18H25ClN6O3. The van der Waals surface area contributed by atoms with E-state index in [1.807, 2.05) is 11.6 Å². The van der Waals surface area contributed by atoms with E-state index in [2.05, 4.69) is 27.5 Å². The molecule has 0 aromatic carbocycles. The van der Waals surface area contributed by atoms with E-state index in [-0.39, 0.29) is 24.8 Å². The summed E-state index contributed by atoms with van der Waals surface area (Å²) in [5.41, 5.74) is 1.67. The van der Waals surface area contributed by atoms with Crippen LogP contribution in [0.4, 0.5) is 17.5 Å². The van der Waals surface area contributed by atoms with Gasteiger partial charge in [0.1, 0.15) is 10.7 Å². The Morgan fingerprint density at radius 2 is 2.21 bits per heavy atom. The Hall–Kier alpha value is -2.10. The lowest BCUT2D eigenvalue weighted by Gasteiger charge is -2.29. The number of nitrogens with one attached hydrogen (secondary N) is 2. The Labute approximate surface area is 168 Å². The van der Waals surface area contributed by atoms with Crippen molar-refractivity contribution in [3.63, 3.8) is 0 Å². The zero-order valence-corrected chi connectivity index (χ0v) is 16.7. The topological polar surface area (TPSA) is 106 Å². The van der Waals surface area contributed by atoms with Crippen molar-refractivity contribution in [1.82, 2.24) is 19.7 Å². The maximum absolute atomic E-state index is 9.45. The van der Waals surface area contributed by atoms with Crippen LogP contribution in [0.15, 0.2) is 6.20 Å². The minimum atomic E-state index is -0.164. The van der Waals surface area contributed by atoms with Gasteiger partial charge in [-0.05, 0) is 26.7 Å². The van der Waals surface area contributed by atoms with Crippen LogP contribution in [-0.4, -0.2) is 56.8 Å². The van der Waals surface area contributed by atoms with Crippen molar-refractivity contribution in [2.45, 2.75) is 51.3 Å². The molecular weight excluding hydrogens is 384 g/mol. The third-order valence-electron chi connectivity index (χ3n) is 5.16. The number of aliphatic hydroxyl groups excluding tert-OH is 1.